The third-order valence-corrected chi connectivity index (χ3v) is 7.71. The molecule has 34 heavy (non-hydrogen) atoms. The largest absolute Gasteiger partial charge is 0.480 e. The first kappa shape index (κ1) is 25.8. The van der Waals surface area contributed by atoms with Gasteiger partial charge in [0.2, 0.25) is 17.7 Å². The number of nitrogens with two attached hydrogens (primary N) is 1. The molecule has 186 valence electrons. The Balaban J connectivity index is 1.81. The number of carboxylic acid groups (broad SMARTS) is 1. The highest BCUT2D eigenvalue weighted by Crippen LogP contribution is 2.50. The number of rotatable bonds is 9. The predicted octanol–water partition coefficient (Wildman–Crippen LogP) is 0.692. The SMILES string of the molecule is CNC(CC(C)C)C(=O)NC(C(=O)NC1C(=O)N2[C@@H]1SC(C)(C)[C@@H]2C(=O)O)c1cccc(N)c1. The monoisotopic (exact) mass is 491 g/mol. The average Bonchev–Trinajstić information content (AvgIpc) is 3.01. The van der Waals surface area contributed by atoms with Gasteiger partial charge in [0, 0.05) is 10.4 Å². The minimum atomic E-state index is -1.08. The van der Waals surface area contributed by atoms with Gasteiger partial charge in [-0.1, -0.05) is 26.0 Å². The Morgan fingerprint density at radius 1 is 1.24 bits per heavy atom. The van der Waals surface area contributed by atoms with Gasteiger partial charge < -0.3 is 31.7 Å². The molecule has 0 radical (unpaired) electrons. The van der Waals surface area contributed by atoms with Crippen LogP contribution in [0.2, 0.25) is 0 Å². The quantitative estimate of drug-likeness (QED) is 0.250. The highest BCUT2D eigenvalue weighted by atomic mass is 32.2. The van der Waals surface area contributed by atoms with E-state index in [-0.39, 0.29) is 11.8 Å². The molecule has 3 rings (SSSR count). The Hall–Kier alpha value is -2.79. The summed E-state index contributed by atoms with van der Waals surface area (Å²) in [7, 11) is 1.68. The second-order valence-corrected chi connectivity index (χ2v) is 11.4. The van der Waals surface area contributed by atoms with E-state index < -0.39 is 52.1 Å². The van der Waals surface area contributed by atoms with Crippen LogP contribution < -0.4 is 21.7 Å². The summed E-state index contributed by atoms with van der Waals surface area (Å²) in [5, 5.41) is 17.6. The first-order chi connectivity index (χ1) is 15.9. The van der Waals surface area contributed by atoms with Crippen LogP contribution in [0.3, 0.4) is 0 Å². The lowest BCUT2D eigenvalue weighted by Crippen LogP contribution is -2.71. The lowest BCUT2D eigenvalue weighted by molar-refractivity contribution is -0.161. The number of carbonyl (C=O) groups is 4. The van der Waals surface area contributed by atoms with Crippen LogP contribution in [0.4, 0.5) is 5.69 Å². The summed E-state index contributed by atoms with van der Waals surface area (Å²) in [6, 6.07) is 3.22. The van der Waals surface area contributed by atoms with Crippen molar-refractivity contribution in [3.8, 4) is 0 Å². The van der Waals surface area contributed by atoms with Gasteiger partial charge in [-0.2, -0.15) is 0 Å². The zero-order chi connectivity index (χ0) is 25.4. The maximum absolute atomic E-state index is 13.4. The van der Waals surface area contributed by atoms with Crippen molar-refractivity contribution in [2.75, 3.05) is 12.8 Å². The van der Waals surface area contributed by atoms with Gasteiger partial charge in [0.1, 0.15) is 23.5 Å². The van der Waals surface area contributed by atoms with E-state index in [2.05, 4.69) is 16.0 Å². The molecule has 1 aromatic rings. The summed E-state index contributed by atoms with van der Waals surface area (Å²) in [5.74, 6) is -2.18. The van der Waals surface area contributed by atoms with E-state index in [0.717, 1.165) is 0 Å². The third kappa shape index (κ3) is 5.00. The summed E-state index contributed by atoms with van der Waals surface area (Å²) >= 11 is 1.34. The highest BCUT2D eigenvalue weighted by Gasteiger charge is 2.64. The van der Waals surface area contributed by atoms with Gasteiger partial charge in [0.05, 0.1) is 6.04 Å². The fraction of sp³-hybridized carbons (Fsp3) is 0.565. The molecule has 2 aliphatic rings. The van der Waals surface area contributed by atoms with E-state index in [1.54, 1.807) is 45.2 Å². The number of carbonyl (C=O) groups excluding carboxylic acids is 3. The Labute approximate surface area is 203 Å². The number of carboxylic acids is 1. The number of hydrogen-bond acceptors (Lipinski definition) is 7. The maximum atomic E-state index is 13.4. The van der Waals surface area contributed by atoms with Crippen LogP contribution >= 0.6 is 11.8 Å². The number of amides is 3. The minimum Gasteiger partial charge on any atom is -0.480 e. The lowest BCUT2D eigenvalue weighted by Gasteiger charge is -2.44. The number of hydrogen-bond donors (Lipinski definition) is 5. The van der Waals surface area contributed by atoms with E-state index in [1.165, 1.54) is 16.7 Å². The number of β-lactam (4-membered cyclic amide) rings is 1. The zero-order valence-corrected chi connectivity index (χ0v) is 20.8. The van der Waals surface area contributed by atoms with Gasteiger partial charge in [0.25, 0.3) is 0 Å². The molecule has 3 amide bonds. The van der Waals surface area contributed by atoms with Crippen LogP contribution in [0.5, 0.6) is 0 Å². The van der Waals surface area contributed by atoms with Crippen LogP contribution in [0.1, 0.15) is 45.7 Å². The molecule has 2 fully saturated rings. The molecule has 10 nitrogen and oxygen atoms in total. The van der Waals surface area contributed by atoms with Crippen molar-refractivity contribution >= 4 is 41.1 Å². The van der Waals surface area contributed by atoms with E-state index in [0.29, 0.717) is 17.7 Å². The van der Waals surface area contributed by atoms with Gasteiger partial charge in [-0.15, -0.1) is 11.8 Å². The molecule has 11 heteroatoms. The van der Waals surface area contributed by atoms with Gasteiger partial charge >= 0.3 is 5.97 Å². The Kier molecular flexibility index (Phi) is 7.47. The molecular weight excluding hydrogens is 458 g/mol. The van der Waals surface area contributed by atoms with E-state index in [9.17, 15) is 24.3 Å². The first-order valence-corrected chi connectivity index (χ1v) is 12.1. The van der Waals surface area contributed by atoms with Gasteiger partial charge in [-0.05, 0) is 50.9 Å². The molecule has 5 atom stereocenters. The van der Waals surface area contributed by atoms with E-state index >= 15 is 0 Å². The standard InChI is InChI=1S/C23H33N5O5S/c1-11(2)9-14(25-5)18(29)26-15(12-7-6-8-13(24)10-12)19(30)27-16-20(31)28-17(22(32)33)23(3,4)34-21(16)28/h6-8,10-11,14-17,21,25H,9,24H2,1-5H3,(H,26,29)(H,27,30)(H,32,33)/t14?,15?,16?,17-,21+/m0/s1. The van der Waals surface area contributed by atoms with E-state index in [1.807, 2.05) is 13.8 Å². The maximum Gasteiger partial charge on any atom is 0.327 e. The zero-order valence-electron chi connectivity index (χ0n) is 20.0. The van der Waals surface area contributed by atoms with E-state index in [4.69, 9.17) is 5.73 Å². The van der Waals surface area contributed by atoms with Crippen LogP contribution in [-0.2, 0) is 19.2 Å². The van der Waals surface area contributed by atoms with Crippen LogP contribution in [-0.4, -0.2) is 69.0 Å². The number of nitrogens with zero attached hydrogens (tertiary/aromatic N) is 1. The second-order valence-electron chi connectivity index (χ2n) is 9.67. The number of thioether (sulfide) groups is 1. The molecule has 0 aliphatic carbocycles. The van der Waals surface area contributed by atoms with Crippen molar-refractivity contribution in [2.45, 2.75) is 68.4 Å². The van der Waals surface area contributed by atoms with Crippen molar-refractivity contribution in [3.63, 3.8) is 0 Å². The minimum absolute atomic E-state index is 0.256. The second kappa shape index (κ2) is 9.83. The molecule has 2 saturated heterocycles. The fourth-order valence-corrected chi connectivity index (χ4v) is 6.12. The van der Waals surface area contributed by atoms with Gasteiger partial charge in [-0.3, -0.25) is 14.4 Å². The summed E-state index contributed by atoms with van der Waals surface area (Å²) in [5.41, 5.74) is 6.82. The molecule has 2 heterocycles. The smallest absolute Gasteiger partial charge is 0.327 e. The topological polar surface area (TPSA) is 154 Å². The number of likely N-dealkylation sites (N-methyl/N-ethyl adjacent to an activating group) is 1. The summed E-state index contributed by atoms with van der Waals surface area (Å²) in [6.07, 6.45) is 0.577. The molecule has 1 aromatic carbocycles. The average molecular weight is 492 g/mol. The summed E-state index contributed by atoms with van der Waals surface area (Å²) < 4.78 is -0.704. The predicted molar refractivity (Wildman–Crippen MR) is 130 cm³/mol. The number of nitrogen functional groups attached to an aromatic ring is 1. The van der Waals surface area contributed by atoms with Crippen LogP contribution in [0.15, 0.2) is 24.3 Å². The molecule has 3 unspecified atom stereocenters. The molecular formula is C23H33N5O5S. The number of benzene rings is 1. The first-order valence-electron chi connectivity index (χ1n) is 11.2. The summed E-state index contributed by atoms with van der Waals surface area (Å²) in [4.78, 5) is 52.2. The molecule has 0 saturated carbocycles. The number of anilines is 1. The fourth-order valence-electron chi connectivity index (χ4n) is 4.49. The Morgan fingerprint density at radius 2 is 1.91 bits per heavy atom. The van der Waals surface area contributed by atoms with Crippen LogP contribution in [0, 0.1) is 5.92 Å². The molecule has 0 spiro atoms. The normalized spacial score (nSPS) is 24.7. The number of fused-ring (bicyclic) bond motifs is 1. The molecule has 2 aliphatic heterocycles. The Bertz CT molecular complexity index is 984. The Morgan fingerprint density at radius 3 is 2.47 bits per heavy atom. The number of aliphatic carboxylic acids is 1. The van der Waals surface area contributed by atoms with Crippen molar-refractivity contribution in [1.82, 2.24) is 20.9 Å². The van der Waals surface area contributed by atoms with Crippen molar-refractivity contribution in [1.29, 1.82) is 0 Å². The van der Waals surface area contributed by atoms with Gasteiger partial charge in [-0.25, -0.2) is 4.79 Å². The van der Waals surface area contributed by atoms with Crippen molar-refractivity contribution in [2.24, 2.45) is 5.92 Å². The van der Waals surface area contributed by atoms with Crippen LogP contribution in [0.25, 0.3) is 0 Å². The summed E-state index contributed by atoms with van der Waals surface area (Å²) in [6.45, 7) is 7.53. The third-order valence-electron chi connectivity index (χ3n) is 6.14. The van der Waals surface area contributed by atoms with Gasteiger partial charge in [0.15, 0.2) is 0 Å². The lowest BCUT2D eigenvalue weighted by atomic mass is 9.95. The number of nitrogens with one attached hydrogen (secondary N) is 3. The highest BCUT2D eigenvalue weighted by molar-refractivity contribution is 8.01. The molecule has 6 N–H and O–H groups in total. The molecule has 0 aromatic heterocycles. The van der Waals surface area contributed by atoms with Crippen molar-refractivity contribution < 1.29 is 24.3 Å². The molecule has 0 bridgehead atoms. The van der Waals surface area contributed by atoms with Crippen molar-refractivity contribution in [3.05, 3.63) is 29.8 Å².